The lowest BCUT2D eigenvalue weighted by Gasteiger charge is -2.16. The van der Waals surface area contributed by atoms with Crippen LogP contribution in [0.5, 0.6) is 0 Å². The monoisotopic (exact) mass is 485 g/mol. The summed E-state index contributed by atoms with van der Waals surface area (Å²) in [5.41, 5.74) is 8.69. The Morgan fingerprint density at radius 1 is 1.03 bits per heavy atom. The van der Waals surface area contributed by atoms with Crippen LogP contribution in [-0.2, 0) is 6.54 Å². The molecule has 2 aromatic heterocycles. The lowest BCUT2D eigenvalue weighted by atomic mass is 10.1. The molecule has 1 atom stereocenters. The van der Waals surface area contributed by atoms with E-state index in [0.717, 1.165) is 28.8 Å². The average Bonchev–Trinajstić information content (AvgIpc) is 2.89. The Hall–Kier alpha value is -4.91. The molecule has 4 N–H and O–H groups in total. The van der Waals surface area contributed by atoms with E-state index in [-0.39, 0.29) is 17.2 Å². The molecule has 8 nitrogen and oxygen atoms in total. The first-order chi connectivity index (χ1) is 17.3. The summed E-state index contributed by atoms with van der Waals surface area (Å²) in [6.45, 7) is 1.96. The molecular formula is C26H21F2N7O. The highest BCUT2D eigenvalue weighted by molar-refractivity contribution is 5.97. The van der Waals surface area contributed by atoms with Crippen molar-refractivity contribution >= 4 is 17.5 Å². The Bertz CT molecular complexity index is 1430. The summed E-state index contributed by atoms with van der Waals surface area (Å²) in [7, 11) is 0. The molecule has 0 unspecified atom stereocenters. The van der Waals surface area contributed by atoms with E-state index in [1.54, 1.807) is 19.2 Å². The van der Waals surface area contributed by atoms with Gasteiger partial charge in [-0.25, -0.2) is 23.7 Å². The molecule has 0 aliphatic rings. The fourth-order valence-corrected chi connectivity index (χ4v) is 3.44. The second-order valence-corrected chi connectivity index (χ2v) is 7.96. The van der Waals surface area contributed by atoms with Gasteiger partial charge in [0, 0.05) is 18.3 Å². The normalized spacial score (nSPS) is 11.4. The third kappa shape index (κ3) is 5.59. The Morgan fingerprint density at radius 3 is 2.44 bits per heavy atom. The van der Waals surface area contributed by atoms with Crippen LogP contribution in [0.3, 0.4) is 0 Å². The van der Waals surface area contributed by atoms with Gasteiger partial charge in [0.25, 0.3) is 5.91 Å². The Morgan fingerprint density at radius 2 is 1.78 bits per heavy atom. The fourth-order valence-electron chi connectivity index (χ4n) is 3.44. The van der Waals surface area contributed by atoms with Gasteiger partial charge in [-0.1, -0.05) is 30.3 Å². The van der Waals surface area contributed by atoms with Gasteiger partial charge in [0.15, 0.2) is 28.8 Å². The zero-order chi connectivity index (χ0) is 25.7. The highest BCUT2D eigenvalue weighted by Crippen LogP contribution is 2.21. The number of hydrogen-bond acceptors (Lipinski definition) is 7. The first-order valence-corrected chi connectivity index (χ1v) is 10.9. The molecule has 0 saturated carbocycles. The summed E-state index contributed by atoms with van der Waals surface area (Å²) in [5.74, 6) is -1.99. The smallest absolute Gasteiger partial charge is 0.274 e. The van der Waals surface area contributed by atoms with Gasteiger partial charge in [-0.05, 0) is 47.9 Å². The molecule has 10 heteroatoms. The van der Waals surface area contributed by atoms with E-state index < -0.39 is 23.6 Å². The van der Waals surface area contributed by atoms with E-state index >= 15 is 0 Å². The molecule has 2 aromatic carbocycles. The quantitative estimate of drug-likeness (QED) is 0.354. The van der Waals surface area contributed by atoms with Crippen molar-refractivity contribution in [3.8, 4) is 17.2 Å². The van der Waals surface area contributed by atoms with E-state index in [9.17, 15) is 18.8 Å². The fraction of sp³-hybridized carbons (Fsp3) is 0.115. The maximum absolute atomic E-state index is 13.6. The number of amides is 1. The van der Waals surface area contributed by atoms with Crippen molar-refractivity contribution < 1.29 is 13.6 Å². The first-order valence-electron chi connectivity index (χ1n) is 10.9. The number of anilines is 2. The minimum atomic E-state index is -1.01. The number of nitrogen functional groups attached to an aromatic ring is 1. The summed E-state index contributed by atoms with van der Waals surface area (Å²) < 4.78 is 26.8. The standard InChI is InChI=1S/C26H21F2N7O/c1-15(18-6-8-21(27)22(28)10-18)34-26(36)24-25(33-14-20(11-29)35-24)32-12-16-2-4-17(5-3-16)19-7-9-23(30)31-13-19/h2-10,13-15H,12H2,1H3,(H2,30,31)(H,32,33)(H,34,36)/t15-/m0/s1. The predicted molar refractivity (Wildman–Crippen MR) is 130 cm³/mol. The number of carbonyl (C=O) groups is 1. The first kappa shape index (κ1) is 24.2. The SMILES string of the molecule is C[C@H](NC(=O)c1nc(C#N)cnc1NCc1ccc(-c2ccc(N)nc2)cc1)c1ccc(F)c(F)c1. The molecule has 0 spiro atoms. The number of pyridine rings is 1. The van der Waals surface area contributed by atoms with Gasteiger partial charge in [0.1, 0.15) is 11.9 Å². The summed E-state index contributed by atoms with van der Waals surface area (Å²) in [4.78, 5) is 25.3. The van der Waals surface area contributed by atoms with Gasteiger partial charge in [0.05, 0.1) is 12.2 Å². The van der Waals surface area contributed by atoms with Gasteiger partial charge in [-0.2, -0.15) is 5.26 Å². The molecule has 4 rings (SSSR count). The van der Waals surface area contributed by atoms with Crippen molar-refractivity contribution in [3.05, 3.63) is 101 Å². The Kier molecular flexibility index (Phi) is 7.11. The molecule has 0 radical (unpaired) electrons. The van der Waals surface area contributed by atoms with Crippen LogP contribution in [0.2, 0.25) is 0 Å². The van der Waals surface area contributed by atoms with Crippen LogP contribution in [0.15, 0.2) is 67.0 Å². The molecule has 0 aliphatic heterocycles. The van der Waals surface area contributed by atoms with E-state index in [0.29, 0.717) is 17.9 Å². The number of carbonyl (C=O) groups excluding carboxylic acids is 1. The predicted octanol–water partition coefficient (Wildman–Crippen LogP) is 4.37. The molecule has 0 fully saturated rings. The van der Waals surface area contributed by atoms with E-state index in [1.165, 1.54) is 12.3 Å². The van der Waals surface area contributed by atoms with Crippen molar-refractivity contribution in [1.82, 2.24) is 20.3 Å². The van der Waals surface area contributed by atoms with Gasteiger partial charge in [-0.15, -0.1) is 0 Å². The maximum Gasteiger partial charge on any atom is 0.274 e. The molecule has 0 aliphatic carbocycles. The topological polar surface area (TPSA) is 130 Å². The van der Waals surface area contributed by atoms with Crippen LogP contribution in [0, 0.1) is 23.0 Å². The number of nitrogens with one attached hydrogen (secondary N) is 2. The highest BCUT2D eigenvalue weighted by Gasteiger charge is 2.19. The summed E-state index contributed by atoms with van der Waals surface area (Å²) in [6, 6.07) is 15.9. The van der Waals surface area contributed by atoms with Crippen LogP contribution >= 0.6 is 0 Å². The number of benzene rings is 2. The largest absolute Gasteiger partial charge is 0.384 e. The van der Waals surface area contributed by atoms with Crippen molar-refractivity contribution in [2.75, 3.05) is 11.1 Å². The lowest BCUT2D eigenvalue weighted by Crippen LogP contribution is -2.29. The summed E-state index contributed by atoms with van der Waals surface area (Å²) in [6.07, 6.45) is 2.95. The number of rotatable bonds is 7. The second-order valence-electron chi connectivity index (χ2n) is 7.96. The zero-order valence-corrected chi connectivity index (χ0v) is 19.2. The molecule has 180 valence electrons. The molecule has 4 aromatic rings. The molecule has 36 heavy (non-hydrogen) atoms. The highest BCUT2D eigenvalue weighted by atomic mass is 19.2. The second kappa shape index (κ2) is 10.6. The zero-order valence-electron chi connectivity index (χ0n) is 19.2. The number of aromatic nitrogens is 3. The number of halogens is 2. The van der Waals surface area contributed by atoms with E-state index in [2.05, 4.69) is 25.6 Å². The Balaban J connectivity index is 1.48. The van der Waals surface area contributed by atoms with Crippen LogP contribution in [0.25, 0.3) is 11.1 Å². The molecule has 0 bridgehead atoms. The summed E-state index contributed by atoms with van der Waals surface area (Å²) >= 11 is 0. The number of nitrogens with two attached hydrogens (primary N) is 1. The van der Waals surface area contributed by atoms with Gasteiger partial charge >= 0.3 is 0 Å². The average molecular weight is 485 g/mol. The van der Waals surface area contributed by atoms with Crippen molar-refractivity contribution in [2.45, 2.75) is 19.5 Å². The molecule has 2 heterocycles. The molecule has 0 saturated heterocycles. The van der Waals surface area contributed by atoms with Crippen LogP contribution in [-0.4, -0.2) is 20.9 Å². The van der Waals surface area contributed by atoms with E-state index in [4.69, 9.17) is 5.73 Å². The minimum absolute atomic E-state index is 0.0346. The van der Waals surface area contributed by atoms with Gasteiger partial charge in [-0.3, -0.25) is 4.79 Å². The third-order valence-corrected chi connectivity index (χ3v) is 5.43. The van der Waals surface area contributed by atoms with Gasteiger partial charge in [0.2, 0.25) is 0 Å². The van der Waals surface area contributed by atoms with E-state index in [1.807, 2.05) is 36.4 Å². The van der Waals surface area contributed by atoms with Gasteiger partial charge < -0.3 is 16.4 Å². The van der Waals surface area contributed by atoms with Crippen LogP contribution in [0.1, 0.15) is 40.3 Å². The molecule has 1 amide bonds. The lowest BCUT2D eigenvalue weighted by molar-refractivity contribution is 0.0935. The van der Waals surface area contributed by atoms with Crippen LogP contribution in [0.4, 0.5) is 20.4 Å². The minimum Gasteiger partial charge on any atom is -0.384 e. The summed E-state index contributed by atoms with van der Waals surface area (Å²) in [5, 5.41) is 15.0. The van der Waals surface area contributed by atoms with Crippen LogP contribution < -0.4 is 16.4 Å². The number of nitrogens with zero attached hydrogens (tertiary/aromatic N) is 4. The van der Waals surface area contributed by atoms with Crippen molar-refractivity contribution in [3.63, 3.8) is 0 Å². The number of hydrogen-bond donors (Lipinski definition) is 3. The maximum atomic E-state index is 13.6. The van der Waals surface area contributed by atoms with Crippen molar-refractivity contribution in [2.24, 2.45) is 0 Å². The number of nitriles is 1. The Labute approximate surface area is 205 Å². The third-order valence-electron chi connectivity index (χ3n) is 5.43. The van der Waals surface area contributed by atoms with Crippen molar-refractivity contribution in [1.29, 1.82) is 5.26 Å². The molecular weight excluding hydrogens is 464 g/mol.